The molecule has 0 saturated heterocycles. The van der Waals surface area contributed by atoms with Gasteiger partial charge in [-0.25, -0.2) is 9.78 Å². The van der Waals surface area contributed by atoms with Gasteiger partial charge in [-0.1, -0.05) is 0 Å². The SMILES string of the molecule is CCOC(=O)c1ccc2c(c1)nc(N)n2C1CCC(O)CC1. The van der Waals surface area contributed by atoms with E-state index in [0.717, 1.165) is 31.2 Å². The second-order valence-corrected chi connectivity index (χ2v) is 5.73. The summed E-state index contributed by atoms with van der Waals surface area (Å²) in [6, 6.07) is 5.59. The van der Waals surface area contributed by atoms with E-state index in [2.05, 4.69) is 4.98 Å². The Bertz CT molecular complexity index is 687. The van der Waals surface area contributed by atoms with E-state index in [1.807, 2.05) is 10.6 Å². The zero-order valence-electron chi connectivity index (χ0n) is 12.7. The number of aromatic nitrogens is 2. The smallest absolute Gasteiger partial charge is 0.338 e. The molecule has 22 heavy (non-hydrogen) atoms. The molecule has 2 aromatic rings. The van der Waals surface area contributed by atoms with Gasteiger partial charge in [-0.15, -0.1) is 0 Å². The van der Waals surface area contributed by atoms with E-state index in [0.29, 0.717) is 23.6 Å². The fourth-order valence-electron chi connectivity index (χ4n) is 3.16. The number of nitrogen functional groups attached to an aromatic ring is 1. The number of anilines is 1. The number of aliphatic hydroxyl groups is 1. The van der Waals surface area contributed by atoms with Gasteiger partial charge in [0.2, 0.25) is 5.95 Å². The molecule has 0 radical (unpaired) electrons. The van der Waals surface area contributed by atoms with Gasteiger partial charge in [-0.05, 0) is 50.8 Å². The highest BCUT2D eigenvalue weighted by Gasteiger charge is 2.24. The van der Waals surface area contributed by atoms with Crippen molar-refractivity contribution in [1.29, 1.82) is 0 Å². The summed E-state index contributed by atoms with van der Waals surface area (Å²) in [5.41, 5.74) is 8.19. The maximum absolute atomic E-state index is 11.8. The van der Waals surface area contributed by atoms with E-state index in [4.69, 9.17) is 10.5 Å². The van der Waals surface area contributed by atoms with Crippen LogP contribution in [0.1, 0.15) is 49.0 Å². The van der Waals surface area contributed by atoms with E-state index in [1.165, 1.54) is 0 Å². The summed E-state index contributed by atoms with van der Waals surface area (Å²) in [4.78, 5) is 16.2. The number of imidazole rings is 1. The van der Waals surface area contributed by atoms with Gasteiger partial charge < -0.3 is 20.1 Å². The highest BCUT2D eigenvalue weighted by molar-refractivity contribution is 5.94. The van der Waals surface area contributed by atoms with Crippen LogP contribution in [0.5, 0.6) is 0 Å². The summed E-state index contributed by atoms with van der Waals surface area (Å²) in [5, 5.41) is 9.65. The fraction of sp³-hybridized carbons (Fsp3) is 0.500. The number of nitrogens with zero attached hydrogens (tertiary/aromatic N) is 2. The maximum Gasteiger partial charge on any atom is 0.338 e. The Kier molecular flexibility index (Phi) is 4.02. The van der Waals surface area contributed by atoms with E-state index in [-0.39, 0.29) is 18.1 Å². The molecule has 118 valence electrons. The number of carbonyl (C=O) groups excluding carboxylic acids is 1. The van der Waals surface area contributed by atoms with Crippen molar-refractivity contribution in [3.05, 3.63) is 23.8 Å². The minimum atomic E-state index is -0.349. The summed E-state index contributed by atoms with van der Waals surface area (Å²) in [6.07, 6.45) is 3.13. The van der Waals surface area contributed by atoms with Crippen molar-refractivity contribution in [2.24, 2.45) is 0 Å². The van der Waals surface area contributed by atoms with Crippen LogP contribution in [0.2, 0.25) is 0 Å². The molecule has 1 aromatic carbocycles. The summed E-state index contributed by atoms with van der Waals surface area (Å²) in [7, 11) is 0. The van der Waals surface area contributed by atoms with Crippen LogP contribution in [0, 0.1) is 0 Å². The minimum absolute atomic E-state index is 0.206. The van der Waals surface area contributed by atoms with Gasteiger partial charge in [0.25, 0.3) is 0 Å². The van der Waals surface area contributed by atoms with Crippen LogP contribution < -0.4 is 5.73 Å². The number of carbonyl (C=O) groups is 1. The number of ether oxygens (including phenoxy) is 1. The molecule has 1 fully saturated rings. The van der Waals surface area contributed by atoms with Crippen molar-refractivity contribution in [1.82, 2.24) is 9.55 Å². The maximum atomic E-state index is 11.8. The molecular weight excluding hydrogens is 282 g/mol. The van der Waals surface area contributed by atoms with Gasteiger partial charge in [0.15, 0.2) is 0 Å². The third-order valence-corrected chi connectivity index (χ3v) is 4.26. The lowest BCUT2D eigenvalue weighted by Crippen LogP contribution is -2.22. The second kappa shape index (κ2) is 5.96. The number of hydrogen-bond acceptors (Lipinski definition) is 5. The third kappa shape index (κ3) is 2.66. The van der Waals surface area contributed by atoms with E-state index >= 15 is 0 Å². The van der Waals surface area contributed by atoms with Crippen LogP contribution in [-0.4, -0.2) is 33.3 Å². The average molecular weight is 303 g/mol. The number of esters is 1. The predicted octanol–water partition coefficient (Wildman–Crippen LogP) is 2.27. The van der Waals surface area contributed by atoms with E-state index < -0.39 is 0 Å². The molecule has 0 aliphatic heterocycles. The van der Waals surface area contributed by atoms with Crippen LogP contribution in [0.4, 0.5) is 5.95 Å². The normalized spacial score (nSPS) is 21.9. The Hall–Kier alpha value is -2.08. The molecule has 3 rings (SSSR count). The number of aliphatic hydroxyl groups excluding tert-OH is 1. The minimum Gasteiger partial charge on any atom is -0.462 e. The monoisotopic (exact) mass is 303 g/mol. The first-order chi connectivity index (χ1) is 10.6. The highest BCUT2D eigenvalue weighted by atomic mass is 16.5. The average Bonchev–Trinajstić information content (AvgIpc) is 2.83. The summed E-state index contributed by atoms with van der Waals surface area (Å²) < 4.78 is 7.03. The molecule has 3 N–H and O–H groups in total. The predicted molar refractivity (Wildman–Crippen MR) is 83.6 cm³/mol. The van der Waals surface area contributed by atoms with Gasteiger partial charge in [0, 0.05) is 6.04 Å². The quantitative estimate of drug-likeness (QED) is 0.849. The Labute approximate surface area is 128 Å². The Balaban J connectivity index is 1.95. The third-order valence-electron chi connectivity index (χ3n) is 4.26. The molecule has 1 saturated carbocycles. The Morgan fingerprint density at radius 3 is 2.82 bits per heavy atom. The van der Waals surface area contributed by atoms with Crippen LogP contribution in [0.3, 0.4) is 0 Å². The topological polar surface area (TPSA) is 90.4 Å². The Morgan fingerprint density at radius 2 is 2.14 bits per heavy atom. The first kappa shape index (κ1) is 14.8. The lowest BCUT2D eigenvalue weighted by molar-refractivity contribution is 0.0526. The number of nitrogens with two attached hydrogens (primary N) is 1. The van der Waals surface area contributed by atoms with Crippen molar-refractivity contribution in [2.75, 3.05) is 12.3 Å². The molecule has 1 aliphatic carbocycles. The molecule has 1 aliphatic rings. The molecule has 6 heteroatoms. The lowest BCUT2D eigenvalue weighted by atomic mass is 9.93. The van der Waals surface area contributed by atoms with Crippen molar-refractivity contribution in [3.8, 4) is 0 Å². The number of benzene rings is 1. The summed E-state index contributed by atoms with van der Waals surface area (Å²) >= 11 is 0. The van der Waals surface area contributed by atoms with Crippen LogP contribution in [0.25, 0.3) is 11.0 Å². The zero-order valence-corrected chi connectivity index (χ0v) is 12.7. The van der Waals surface area contributed by atoms with Crippen molar-refractivity contribution >= 4 is 23.0 Å². The standard InChI is InChI=1S/C16H21N3O3/c1-2-22-15(21)10-3-8-14-13(9-10)18-16(17)19(14)11-4-6-12(20)7-5-11/h3,8-9,11-12,20H,2,4-7H2,1H3,(H2,17,18). The van der Waals surface area contributed by atoms with Crippen LogP contribution in [-0.2, 0) is 4.74 Å². The summed E-state index contributed by atoms with van der Waals surface area (Å²) in [6.45, 7) is 2.12. The van der Waals surface area contributed by atoms with Gasteiger partial charge in [0.05, 0.1) is 29.3 Å². The molecule has 1 heterocycles. The van der Waals surface area contributed by atoms with E-state index in [1.54, 1.807) is 19.1 Å². The van der Waals surface area contributed by atoms with Gasteiger partial charge in [-0.2, -0.15) is 0 Å². The molecule has 0 amide bonds. The largest absolute Gasteiger partial charge is 0.462 e. The van der Waals surface area contributed by atoms with Crippen molar-refractivity contribution < 1.29 is 14.6 Å². The lowest BCUT2D eigenvalue weighted by Gasteiger charge is -2.27. The van der Waals surface area contributed by atoms with Gasteiger partial charge >= 0.3 is 5.97 Å². The first-order valence-electron chi connectivity index (χ1n) is 7.72. The molecular formula is C16H21N3O3. The van der Waals surface area contributed by atoms with E-state index in [9.17, 15) is 9.90 Å². The fourth-order valence-corrected chi connectivity index (χ4v) is 3.16. The molecule has 0 unspecified atom stereocenters. The van der Waals surface area contributed by atoms with Crippen molar-refractivity contribution in [3.63, 3.8) is 0 Å². The van der Waals surface area contributed by atoms with Gasteiger partial charge in [0.1, 0.15) is 0 Å². The molecule has 0 atom stereocenters. The molecule has 0 spiro atoms. The molecule has 0 bridgehead atoms. The highest BCUT2D eigenvalue weighted by Crippen LogP contribution is 2.33. The second-order valence-electron chi connectivity index (χ2n) is 5.73. The molecule has 6 nitrogen and oxygen atoms in total. The number of rotatable bonds is 3. The number of fused-ring (bicyclic) bond motifs is 1. The number of hydrogen-bond donors (Lipinski definition) is 2. The van der Waals surface area contributed by atoms with Crippen molar-refractivity contribution in [2.45, 2.75) is 44.8 Å². The molecule has 1 aromatic heterocycles. The van der Waals surface area contributed by atoms with Crippen LogP contribution >= 0.6 is 0 Å². The first-order valence-corrected chi connectivity index (χ1v) is 7.72. The zero-order chi connectivity index (χ0) is 15.7. The van der Waals surface area contributed by atoms with Gasteiger partial charge in [-0.3, -0.25) is 0 Å². The Morgan fingerprint density at radius 1 is 1.41 bits per heavy atom. The summed E-state index contributed by atoms with van der Waals surface area (Å²) in [5.74, 6) is 0.107. The van der Waals surface area contributed by atoms with Crippen LogP contribution in [0.15, 0.2) is 18.2 Å².